The van der Waals surface area contributed by atoms with Crippen LogP contribution in [0, 0.1) is 17.0 Å². The summed E-state index contributed by atoms with van der Waals surface area (Å²) >= 11 is 0. The summed E-state index contributed by atoms with van der Waals surface area (Å²) < 4.78 is 0. The van der Waals surface area contributed by atoms with Gasteiger partial charge in [-0.05, 0) is 31.2 Å². The van der Waals surface area contributed by atoms with Crippen LogP contribution in [0.2, 0.25) is 0 Å². The first-order chi connectivity index (χ1) is 12.8. The highest BCUT2D eigenvalue weighted by molar-refractivity contribution is 6.22. The lowest BCUT2D eigenvalue weighted by Gasteiger charge is -2.09. The van der Waals surface area contributed by atoms with Crippen LogP contribution in [0.5, 0.6) is 0 Å². The molecule has 2 aromatic rings. The highest BCUT2D eigenvalue weighted by Gasteiger charge is 2.35. The minimum Gasteiger partial charge on any atom is -0.321 e. The fourth-order valence-corrected chi connectivity index (χ4v) is 2.88. The number of carbonyl (C=O) groups is 3. The van der Waals surface area contributed by atoms with Gasteiger partial charge in [0.2, 0.25) is 0 Å². The molecule has 8 nitrogen and oxygen atoms in total. The van der Waals surface area contributed by atoms with E-state index in [2.05, 4.69) is 11.9 Å². The molecule has 1 aliphatic rings. The van der Waals surface area contributed by atoms with Gasteiger partial charge >= 0.3 is 0 Å². The maximum Gasteiger partial charge on any atom is 0.274 e. The van der Waals surface area contributed by atoms with Crippen LogP contribution in [-0.2, 0) is 0 Å². The zero-order valence-electron chi connectivity index (χ0n) is 14.4. The predicted molar refractivity (Wildman–Crippen MR) is 97.8 cm³/mol. The molecule has 0 bridgehead atoms. The van der Waals surface area contributed by atoms with Crippen molar-refractivity contribution in [3.05, 3.63) is 81.4 Å². The van der Waals surface area contributed by atoms with E-state index in [1.165, 1.54) is 43.3 Å². The van der Waals surface area contributed by atoms with E-state index < -0.39 is 22.6 Å². The molecule has 8 heteroatoms. The van der Waals surface area contributed by atoms with Crippen LogP contribution in [0.15, 0.2) is 49.1 Å². The molecule has 0 atom stereocenters. The van der Waals surface area contributed by atoms with Gasteiger partial charge in [-0.15, -0.1) is 6.58 Å². The first kappa shape index (κ1) is 18.0. The maximum absolute atomic E-state index is 12.5. The number of rotatable bonds is 5. The van der Waals surface area contributed by atoms with Crippen LogP contribution in [0.1, 0.15) is 36.6 Å². The molecule has 1 aliphatic heterocycles. The molecule has 1 heterocycles. The summed E-state index contributed by atoms with van der Waals surface area (Å²) in [6.45, 7) is 5.14. The van der Waals surface area contributed by atoms with E-state index in [1.807, 2.05) is 0 Å². The van der Waals surface area contributed by atoms with E-state index in [-0.39, 0.29) is 28.9 Å². The lowest BCUT2D eigenvalue weighted by Crippen LogP contribution is -2.29. The van der Waals surface area contributed by atoms with Crippen molar-refractivity contribution in [2.24, 2.45) is 0 Å². The van der Waals surface area contributed by atoms with Crippen molar-refractivity contribution in [3.63, 3.8) is 0 Å². The first-order valence-corrected chi connectivity index (χ1v) is 8.01. The van der Waals surface area contributed by atoms with Crippen LogP contribution >= 0.6 is 0 Å². The quantitative estimate of drug-likeness (QED) is 0.379. The Morgan fingerprint density at radius 3 is 2.59 bits per heavy atom. The minimum absolute atomic E-state index is 0.0841. The number of hydrogen-bond acceptors (Lipinski definition) is 5. The molecule has 0 aliphatic carbocycles. The van der Waals surface area contributed by atoms with Crippen LogP contribution in [0.25, 0.3) is 0 Å². The number of benzene rings is 2. The summed E-state index contributed by atoms with van der Waals surface area (Å²) in [4.78, 5) is 48.6. The molecule has 27 heavy (non-hydrogen) atoms. The van der Waals surface area contributed by atoms with E-state index in [9.17, 15) is 24.5 Å². The predicted octanol–water partition coefficient (Wildman–Crippen LogP) is 2.94. The van der Waals surface area contributed by atoms with Crippen LogP contribution in [0.3, 0.4) is 0 Å². The molecule has 0 saturated carbocycles. The lowest BCUT2D eigenvalue weighted by atomic mass is 10.0. The fourth-order valence-electron chi connectivity index (χ4n) is 2.88. The highest BCUT2D eigenvalue weighted by atomic mass is 16.6. The van der Waals surface area contributed by atoms with Crippen LogP contribution < -0.4 is 5.32 Å². The van der Waals surface area contributed by atoms with Crippen molar-refractivity contribution < 1.29 is 19.3 Å². The molecule has 0 radical (unpaired) electrons. The number of imide groups is 1. The molecule has 0 spiro atoms. The van der Waals surface area contributed by atoms with E-state index in [0.29, 0.717) is 11.3 Å². The summed E-state index contributed by atoms with van der Waals surface area (Å²) in [7, 11) is 0. The van der Waals surface area contributed by atoms with Gasteiger partial charge in [-0.3, -0.25) is 29.4 Å². The van der Waals surface area contributed by atoms with Crippen molar-refractivity contribution in [3.8, 4) is 0 Å². The summed E-state index contributed by atoms with van der Waals surface area (Å²) in [6, 6.07) is 8.57. The Balaban J connectivity index is 1.90. The molecule has 0 fully saturated rings. The van der Waals surface area contributed by atoms with Crippen molar-refractivity contribution in [2.75, 3.05) is 11.9 Å². The Morgan fingerprint density at radius 2 is 1.93 bits per heavy atom. The van der Waals surface area contributed by atoms with Gasteiger partial charge in [0.15, 0.2) is 0 Å². The molecule has 3 amide bonds. The number of carbonyl (C=O) groups excluding carboxylic acids is 3. The van der Waals surface area contributed by atoms with Crippen LogP contribution in [-0.4, -0.2) is 34.1 Å². The summed E-state index contributed by atoms with van der Waals surface area (Å²) in [5.74, 6) is -1.46. The molecule has 136 valence electrons. The molecule has 2 aromatic carbocycles. The number of amides is 3. The molecule has 0 unspecified atom stereocenters. The Bertz CT molecular complexity index is 1010. The second-order valence-electron chi connectivity index (χ2n) is 5.93. The zero-order chi connectivity index (χ0) is 19.7. The molecule has 0 aromatic heterocycles. The highest BCUT2D eigenvalue weighted by Crippen LogP contribution is 2.27. The third kappa shape index (κ3) is 3.08. The number of nitrogens with zero attached hydrogens (tertiary/aromatic N) is 2. The van der Waals surface area contributed by atoms with E-state index in [0.717, 1.165) is 4.90 Å². The average molecular weight is 365 g/mol. The number of nitro groups is 1. The summed E-state index contributed by atoms with van der Waals surface area (Å²) in [5, 5.41) is 13.6. The number of nitro benzene ring substituents is 1. The Kier molecular flexibility index (Phi) is 4.55. The van der Waals surface area contributed by atoms with Crippen LogP contribution in [0.4, 0.5) is 11.4 Å². The van der Waals surface area contributed by atoms with Gasteiger partial charge in [0.05, 0.1) is 27.3 Å². The van der Waals surface area contributed by atoms with Gasteiger partial charge in [0.1, 0.15) is 0 Å². The molecule has 3 rings (SSSR count). The second-order valence-corrected chi connectivity index (χ2v) is 5.93. The standard InChI is InChI=1S/C19H15N3O5/c1-3-9-21-18(24)13-8-7-12(10-14(13)19(21)25)17(23)20-15-5-4-6-16(11(15)2)22(26)27/h3-8,10H,1,9H2,2H3,(H,20,23). The van der Waals surface area contributed by atoms with Crippen molar-refractivity contribution >= 4 is 29.1 Å². The molecular weight excluding hydrogens is 350 g/mol. The number of hydrogen-bond donors (Lipinski definition) is 1. The number of anilines is 1. The van der Waals surface area contributed by atoms with Gasteiger partial charge in [0.25, 0.3) is 23.4 Å². The monoisotopic (exact) mass is 365 g/mol. The Morgan fingerprint density at radius 1 is 1.22 bits per heavy atom. The maximum atomic E-state index is 12.5. The molecular formula is C19H15N3O5. The minimum atomic E-state index is -0.538. The van der Waals surface area contributed by atoms with Gasteiger partial charge in [0, 0.05) is 18.2 Å². The normalized spacial score (nSPS) is 12.7. The third-order valence-electron chi connectivity index (χ3n) is 4.29. The third-order valence-corrected chi connectivity index (χ3v) is 4.29. The van der Waals surface area contributed by atoms with Gasteiger partial charge in [-0.25, -0.2) is 0 Å². The zero-order valence-corrected chi connectivity index (χ0v) is 14.4. The summed E-state index contributed by atoms with van der Waals surface area (Å²) in [5.41, 5.74) is 1.05. The average Bonchev–Trinajstić information content (AvgIpc) is 2.88. The second kappa shape index (κ2) is 6.83. The van der Waals surface area contributed by atoms with Gasteiger partial charge in [-0.1, -0.05) is 12.1 Å². The van der Waals surface area contributed by atoms with E-state index in [4.69, 9.17) is 0 Å². The van der Waals surface area contributed by atoms with E-state index >= 15 is 0 Å². The summed E-state index contributed by atoms with van der Waals surface area (Å²) in [6.07, 6.45) is 1.44. The van der Waals surface area contributed by atoms with Crippen molar-refractivity contribution in [1.82, 2.24) is 4.90 Å². The molecule has 0 saturated heterocycles. The lowest BCUT2D eigenvalue weighted by molar-refractivity contribution is -0.385. The number of fused-ring (bicyclic) bond motifs is 1. The SMILES string of the molecule is C=CCN1C(=O)c2ccc(C(=O)Nc3cccc([N+](=O)[O-])c3C)cc2C1=O. The Hall–Kier alpha value is -3.81. The van der Waals surface area contributed by atoms with Crippen molar-refractivity contribution in [2.45, 2.75) is 6.92 Å². The van der Waals surface area contributed by atoms with E-state index in [1.54, 1.807) is 6.07 Å². The molecule has 1 N–H and O–H groups in total. The fraction of sp³-hybridized carbons (Fsp3) is 0.105. The smallest absolute Gasteiger partial charge is 0.274 e. The topological polar surface area (TPSA) is 110 Å². The number of nitrogens with one attached hydrogen (secondary N) is 1. The van der Waals surface area contributed by atoms with Gasteiger partial charge < -0.3 is 5.32 Å². The Labute approximate surface area is 154 Å². The van der Waals surface area contributed by atoms with Crippen molar-refractivity contribution in [1.29, 1.82) is 0 Å². The largest absolute Gasteiger partial charge is 0.321 e. The van der Waals surface area contributed by atoms with Gasteiger partial charge in [-0.2, -0.15) is 0 Å². The first-order valence-electron chi connectivity index (χ1n) is 8.01.